The molecular formula is C23H40O2. The van der Waals surface area contributed by atoms with Crippen LogP contribution in [-0.4, -0.2) is 12.6 Å². The molecule has 2 rings (SSSR count). The smallest absolute Gasteiger partial charge is 0.309 e. The van der Waals surface area contributed by atoms with Crippen molar-refractivity contribution in [3.05, 3.63) is 11.1 Å². The van der Waals surface area contributed by atoms with Crippen molar-refractivity contribution >= 4 is 5.97 Å². The summed E-state index contributed by atoms with van der Waals surface area (Å²) in [7, 11) is 0. The lowest BCUT2D eigenvalue weighted by atomic mass is 9.46. The van der Waals surface area contributed by atoms with Crippen LogP contribution in [0.4, 0.5) is 0 Å². The number of ether oxygens (including phenoxy) is 1. The van der Waals surface area contributed by atoms with E-state index >= 15 is 0 Å². The molecule has 2 aliphatic rings. The summed E-state index contributed by atoms with van der Waals surface area (Å²) in [6.07, 6.45) is 8.15. The summed E-state index contributed by atoms with van der Waals surface area (Å²) < 4.78 is 5.53. The van der Waals surface area contributed by atoms with Crippen LogP contribution in [0.1, 0.15) is 93.4 Å². The largest absolute Gasteiger partial charge is 0.466 e. The average Bonchev–Trinajstić information content (AvgIpc) is 2.53. The van der Waals surface area contributed by atoms with E-state index in [9.17, 15) is 4.79 Å². The van der Waals surface area contributed by atoms with Crippen LogP contribution in [-0.2, 0) is 9.53 Å². The number of allylic oxidation sites excluding steroid dienone is 2. The lowest BCUT2D eigenvalue weighted by Gasteiger charge is -2.58. The fraction of sp³-hybridized carbons (Fsp3) is 0.870. The third-order valence-electron chi connectivity index (χ3n) is 7.60. The van der Waals surface area contributed by atoms with Crippen molar-refractivity contribution in [2.75, 3.05) is 6.61 Å². The van der Waals surface area contributed by atoms with Gasteiger partial charge >= 0.3 is 5.97 Å². The number of hydrogen-bond acceptors (Lipinski definition) is 2. The van der Waals surface area contributed by atoms with E-state index in [2.05, 4.69) is 41.5 Å². The molecule has 2 nitrogen and oxygen atoms in total. The Bertz CT molecular complexity index is 516. The molecule has 0 bridgehead atoms. The second-order valence-electron chi connectivity index (χ2n) is 9.52. The zero-order valence-corrected chi connectivity index (χ0v) is 17.7. The number of carbonyl (C=O) groups excluding carboxylic acids is 1. The highest BCUT2D eigenvalue weighted by atomic mass is 16.5. The van der Waals surface area contributed by atoms with Crippen LogP contribution < -0.4 is 0 Å². The van der Waals surface area contributed by atoms with Crippen LogP contribution in [0.15, 0.2) is 11.1 Å². The van der Waals surface area contributed by atoms with E-state index in [-0.39, 0.29) is 17.3 Å². The first-order valence-electron chi connectivity index (χ1n) is 10.5. The Balaban J connectivity index is 2.43. The van der Waals surface area contributed by atoms with Crippen LogP contribution in [0.5, 0.6) is 0 Å². The van der Waals surface area contributed by atoms with Crippen LogP contribution in [0.3, 0.4) is 0 Å². The van der Waals surface area contributed by atoms with Crippen LogP contribution in [0, 0.1) is 28.6 Å². The van der Waals surface area contributed by atoms with Crippen molar-refractivity contribution < 1.29 is 9.53 Å². The molecule has 2 aliphatic carbocycles. The standard InChI is InChI=1S/C23H40O2/c1-8-16(3)10-12-18-17(4)11-13-20-22(5,6)15-14-19(23(18,20)7)21(24)25-9-2/h16,19-20H,8-15H2,1-7H3/t16-,19?,20+,23+/m1/s1. The Kier molecular flexibility index (Phi) is 6.44. The molecular weight excluding hydrogens is 308 g/mol. The molecule has 0 aliphatic heterocycles. The van der Waals surface area contributed by atoms with Gasteiger partial charge in [-0.1, -0.05) is 52.2 Å². The fourth-order valence-corrected chi connectivity index (χ4v) is 5.81. The SMILES string of the molecule is CCOC(=O)C1CCC(C)(C)[C@@H]2CCC(C)=C(CC[C@H](C)CC)[C@@]12C. The van der Waals surface area contributed by atoms with E-state index in [0.29, 0.717) is 17.9 Å². The Morgan fingerprint density at radius 1 is 1.24 bits per heavy atom. The third kappa shape index (κ3) is 3.83. The fourth-order valence-electron chi connectivity index (χ4n) is 5.81. The van der Waals surface area contributed by atoms with Gasteiger partial charge in [0.15, 0.2) is 0 Å². The molecule has 0 aromatic heterocycles. The topological polar surface area (TPSA) is 26.3 Å². The maximum atomic E-state index is 12.9. The summed E-state index contributed by atoms with van der Waals surface area (Å²) in [5, 5.41) is 0. The Morgan fingerprint density at radius 2 is 1.92 bits per heavy atom. The van der Waals surface area contributed by atoms with Crippen molar-refractivity contribution in [2.45, 2.75) is 93.4 Å². The third-order valence-corrected chi connectivity index (χ3v) is 7.60. The Morgan fingerprint density at radius 3 is 2.52 bits per heavy atom. The number of hydrogen-bond donors (Lipinski definition) is 0. The normalized spacial score (nSPS) is 32.9. The van der Waals surface area contributed by atoms with Gasteiger partial charge in [-0.3, -0.25) is 4.79 Å². The summed E-state index contributed by atoms with van der Waals surface area (Å²) in [5.41, 5.74) is 3.42. The average molecular weight is 349 g/mol. The molecule has 144 valence electrons. The molecule has 25 heavy (non-hydrogen) atoms. The summed E-state index contributed by atoms with van der Waals surface area (Å²) in [6, 6.07) is 0. The van der Waals surface area contributed by atoms with E-state index < -0.39 is 0 Å². The predicted octanol–water partition coefficient (Wildman–Crippen LogP) is 6.54. The van der Waals surface area contributed by atoms with Gasteiger partial charge in [-0.05, 0) is 69.6 Å². The molecule has 4 atom stereocenters. The number of fused-ring (bicyclic) bond motifs is 1. The van der Waals surface area contributed by atoms with Crippen molar-refractivity contribution in [1.29, 1.82) is 0 Å². The van der Waals surface area contributed by atoms with Crippen molar-refractivity contribution in [3.63, 3.8) is 0 Å². The van der Waals surface area contributed by atoms with E-state index in [0.717, 1.165) is 25.2 Å². The minimum absolute atomic E-state index is 0.0240. The van der Waals surface area contributed by atoms with Gasteiger partial charge in [0, 0.05) is 5.41 Å². The molecule has 1 saturated carbocycles. The molecule has 1 fully saturated rings. The van der Waals surface area contributed by atoms with Gasteiger partial charge in [0.2, 0.25) is 0 Å². The molecule has 0 N–H and O–H groups in total. The molecule has 0 spiro atoms. The van der Waals surface area contributed by atoms with Gasteiger partial charge in [0.1, 0.15) is 0 Å². The van der Waals surface area contributed by atoms with Crippen LogP contribution in [0.2, 0.25) is 0 Å². The van der Waals surface area contributed by atoms with Crippen molar-refractivity contribution in [2.24, 2.45) is 28.6 Å². The van der Waals surface area contributed by atoms with Gasteiger partial charge in [-0.2, -0.15) is 0 Å². The van der Waals surface area contributed by atoms with Crippen LogP contribution >= 0.6 is 0 Å². The molecule has 0 heterocycles. The lowest BCUT2D eigenvalue weighted by molar-refractivity contribution is -0.160. The van der Waals surface area contributed by atoms with Crippen molar-refractivity contribution in [1.82, 2.24) is 0 Å². The zero-order chi connectivity index (χ0) is 18.8. The highest BCUT2D eigenvalue weighted by Crippen LogP contribution is 2.62. The van der Waals surface area contributed by atoms with Gasteiger partial charge in [0.25, 0.3) is 0 Å². The van der Waals surface area contributed by atoms with Gasteiger partial charge in [0.05, 0.1) is 12.5 Å². The molecule has 2 heteroatoms. The zero-order valence-electron chi connectivity index (χ0n) is 17.7. The Labute approximate surface area is 155 Å². The first-order chi connectivity index (χ1) is 11.7. The van der Waals surface area contributed by atoms with Crippen molar-refractivity contribution in [3.8, 4) is 0 Å². The predicted molar refractivity (Wildman–Crippen MR) is 105 cm³/mol. The van der Waals surface area contributed by atoms with E-state index in [1.54, 1.807) is 11.1 Å². The van der Waals surface area contributed by atoms with E-state index in [4.69, 9.17) is 4.74 Å². The number of carbonyl (C=O) groups is 1. The molecule has 0 amide bonds. The second kappa shape index (κ2) is 7.84. The van der Waals surface area contributed by atoms with E-state index in [1.807, 2.05) is 6.92 Å². The molecule has 0 radical (unpaired) electrons. The maximum Gasteiger partial charge on any atom is 0.309 e. The number of esters is 1. The second-order valence-corrected chi connectivity index (χ2v) is 9.52. The maximum absolute atomic E-state index is 12.9. The first-order valence-corrected chi connectivity index (χ1v) is 10.5. The highest BCUT2D eigenvalue weighted by molar-refractivity contribution is 5.74. The Hall–Kier alpha value is -0.790. The summed E-state index contributed by atoms with van der Waals surface area (Å²) >= 11 is 0. The lowest BCUT2D eigenvalue weighted by Crippen LogP contribution is -2.53. The van der Waals surface area contributed by atoms with Crippen LogP contribution in [0.25, 0.3) is 0 Å². The monoisotopic (exact) mass is 348 g/mol. The summed E-state index contributed by atoms with van der Waals surface area (Å²) in [4.78, 5) is 12.9. The molecule has 0 aromatic carbocycles. The minimum atomic E-state index is -0.0240. The number of rotatable bonds is 6. The van der Waals surface area contributed by atoms with Gasteiger partial charge in [-0.15, -0.1) is 0 Å². The molecule has 0 aromatic rings. The molecule has 0 saturated heterocycles. The highest BCUT2D eigenvalue weighted by Gasteiger charge is 2.57. The molecule has 1 unspecified atom stereocenters. The first kappa shape index (κ1) is 20.5. The van der Waals surface area contributed by atoms with Gasteiger partial charge in [-0.25, -0.2) is 0 Å². The summed E-state index contributed by atoms with van der Waals surface area (Å²) in [5.74, 6) is 1.41. The minimum Gasteiger partial charge on any atom is -0.466 e. The van der Waals surface area contributed by atoms with E-state index in [1.165, 1.54) is 25.7 Å². The quantitative estimate of drug-likeness (QED) is 0.402. The summed E-state index contributed by atoms with van der Waals surface area (Å²) in [6.45, 7) is 16.6. The van der Waals surface area contributed by atoms with Gasteiger partial charge < -0.3 is 4.74 Å².